The Hall–Kier alpha value is -2.70. The number of fused-ring (bicyclic) bond motifs is 1. The Morgan fingerprint density at radius 2 is 2.22 bits per heavy atom. The first-order valence-electron chi connectivity index (χ1n) is 7.67. The summed E-state index contributed by atoms with van der Waals surface area (Å²) in [6.45, 7) is 7.14. The molecule has 0 aliphatic carbocycles. The third kappa shape index (κ3) is 3.08. The molecule has 3 aromatic heterocycles. The number of nitrogens with one attached hydrogen (secondary N) is 2. The quantitative estimate of drug-likeness (QED) is 0.750. The summed E-state index contributed by atoms with van der Waals surface area (Å²) in [6, 6.07) is 3.76. The normalized spacial score (nSPS) is 11.1. The van der Waals surface area contributed by atoms with E-state index < -0.39 is 0 Å². The molecule has 3 rings (SSSR count). The van der Waals surface area contributed by atoms with Crippen molar-refractivity contribution in [1.29, 1.82) is 0 Å². The number of rotatable bonds is 5. The number of aryl methyl sites for hydroxylation is 2. The van der Waals surface area contributed by atoms with Gasteiger partial charge in [-0.05, 0) is 32.9 Å². The number of amides is 1. The number of imidazole rings is 1. The predicted molar refractivity (Wildman–Crippen MR) is 86.8 cm³/mol. The topological polar surface area (TPSA) is 88.5 Å². The number of pyridine rings is 1. The predicted octanol–water partition coefficient (Wildman–Crippen LogP) is 1.65. The Morgan fingerprint density at radius 1 is 1.39 bits per heavy atom. The highest BCUT2D eigenvalue weighted by Gasteiger charge is 2.14. The second-order valence-electron chi connectivity index (χ2n) is 5.48. The summed E-state index contributed by atoms with van der Waals surface area (Å²) in [6.07, 6.45) is 2.03. The van der Waals surface area contributed by atoms with Crippen LogP contribution in [0.25, 0.3) is 11.2 Å². The molecule has 1 amide bonds. The molecular formula is C16H20N6O. The van der Waals surface area contributed by atoms with Crippen LogP contribution in [0.4, 0.5) is 0 Å². The first-order chi connectivity index (χ1) is 11.1. The van der Waals surface area contributed by atoms with Crippen LogP contribution < -0.4 is 5.32 Å². The number of carbonyl (C=O) groups excluding carboxylic acids is 1. The number of hydrogen-bond donors (Lipinski definition) is 2. The van der Waals surface area contributed by atoms with Gasteiger partial charge in [-0.3, -0.25) is 9.48 Å². The summed E-state index contributed by atoms with van der Waals surface area (Å²) in [5, 5.41) is 7.33. The Morgan fingerprint density at radius 3 is 2.91 bits per heavy atom. The van der Waals surface area contributed by atoms with E-state index in [9.17, 15) is 4.79 Å². The van der Waals surface area contributed by atoms with Crippen LogP contribution in [-0.2, 0) is 24.3 Å². The summed E-state index contributed by atoms with van der Waals surface area (Å²) < 4.78 is 1.92. The first kappa shape index (κ1) is 15.2. The zero-order chi connectivity index (χ0) is 16.4. The van der Waals surface area contributed by atoms with Crippen molar-refractivity contribution in [2.75, 3.05) is 0 Å². The summed E-state index contributed by atoms with van der Waals surface area (Å²) in [4.78, 5) is 23.9. The van der Waals surface area contributed by atoms with E-state index in [1.54, 1.807) is 6.20 Å². The minimum absolute atomic E-state index is 0.0414. The summed E-state index contributed by atoms with van der Waals surface area (Å²) in [5.41, 5.74) is 4.48. The van der Waals surface area contributed by atoms with Crippen molar-refractivity contribution >= 4 is 17.1 Å². The Labute approximate surface area is 134 Å². The molecule has 0 saturated heterocycles. The lowest BCUT2D eigenvalue weighted by Gasteiger charge is -2.04. The summed E-state index contributed by atoms with van der Waals surface area (Å²) in [5.74, 6) is 0.657. The second-order valence-corrected chi connectivity index (χ2v) is 5.48. The largest absolute Gasteiger partial charge is 0.349 e. The van der Waals surface area contributed by atoms with Crippen LogP contribution in [0.3, 0.4) is 0 Å². The van der Waals surface area contributed by atoms with E-state index in [0.29, 0.717) is 24.4 Å². The third-order valence-electron chi connectivity index (χ3n) is 3.93. The Kier molecular flexibility index (Phi) is 4.10. The van der Waals surface area contributed by atoms with Crippen molar-refractivity contribution in [1.82, 2.24) is 30.0 Å². The maximum atomic E-state index is 12.2. The van der Waals surface area contributed by atoms with E-state index >= 15 is 0 Å². The van der Waals surface area contributed by atoms with E-state index in [1.807, 2.05) is 37.6 Å². The molecular weight excluding hydrogens is 292 g/mol. The van der Waals surface area contributed by atoms with Crippen molar-refractivity contribution < 1.29 is 4.79 Å². The number of H-pyrrole nitrogens is 1. The van der Waals surface area contributed by atoms with Crippen molar-refractivity contribution in [2.45, 2.75) is 40.3 Å². The Balaban J connectivity index is 1.64. The summed E-state index contributed by atoms with van der Waals surface area (Å²) in [7, 11) is 0. The molecule has 0 unspecified atom stereocenters. The summed E-state index contributed by atoms with van der Waals surface area (Å²) >= 11 is 0. The standard InChI is InChI=1S/C16H20N6O/c1-4-22-11(3)12(10(2)21-22)8-15(23)18-9-14-19-13-6-5-7-17-16(13)20-14/h5-7H,4,8-9H2,1-3H3,(H,18,23)(H,17,19,20). The molecule has 7 heteroatoms. The van der Waals surface area contributed by atoms with Gasteiger partial charge in [-0.25, -0.2) is 9.97 Å². The molecule has 0 bridgehead atoms. The molecule has 2 N–H and O–H groups in total. The average Bonchev–Trinajstić information content (AvgIpc) is 3.08. The number of aromatic amines is 1. The fraction of sp³-hybridized carbons (Fsp3) is 0.375. The lowest BCUT2D eigenvalue weighted by atomic mass is 10.1. The van der Waals surface area contributed by atoms with Gasteiger partial charge in [0.1, 0.15) is 5.82 Å². The van der Waals surface area contributed by atoms with Crippen LogP contribution >= 0.6 is 0 Å². The van der Waals surface area contributed by atoms with Crippen molar-refractivity contribution in [2.24, 2.45) is 0 Å². The molecule has 23 heavy (non-hydrogen) atoms. The number of carbonyl (C=O) groups is 1. The number of aromatic nitrogens is 5. The molecule has 7 nitrogen and oxygen atoms in total. The number of hydrogen-bond acceptors (Lipinski definition) is 4. The van der Waals surface area contributed by atoms with E-state index in [2.05, 4.69) is 25.4 Å². The molecule has 3 heterocycles. The van der Waals surface area contributed by atoms with Crippen LogP contribution in [0.2, 0.25) is 0 Å². The fourth-order valence-electron chi connectivity index (χ4n) is 2.68. The molecule has 120 valence electrons. The molecule has 0 radical (unpaired) electrons. The van der Waals surface area contributed by atoms with Gasteiger partial charge in [0.2, 0.25) is 5.91 Å². The zero-order valence-electron chi connectivity index (χ0n) is 13.6. The highest BCUT2D eigenvalue weighted by molar-refractivity contribution is 5.79. The molecule has 3 aromatic rings. The van der Waals surface area contributed by atoms with Gasteiger partial charge >= 0.3 is 0 Å². The molecule has 0 saturated carbocycles. The molecule has 0 aliphatic heterocycles. The van der Waals surface area contributed by atoms with E-state index in [1.165, 1.54) is 0 Å². The number of nitrogens with zero attached hydrogens (tertiary/aromatic N) is 4. The molecule has 0 spiro atoms. The van der Waals surface area contributed by atoms with Gasteiger partial charge in [-0.15, -0.1) is 0 Å². The van der Waals surface area contributed by atoms with Crippen molar-refractivity contribution in [3.63, 3.8) is 0 Å². The van der Waals surface area contributed by atoms with Crippen LogP contribution in [-0.4, -0.2) is 30.6 Å². The lowest BCUT2D eigenvalue weighted by molar-refractivity contribution is -0.120. The highest BCUT2D eigenvalue weighted by atomic mass is 16.1. The monoisotopic (exact) mass is 312 g/mol. The van der Waals surface area contributed by atoms with Gasteiger partial charge in [0.25, 0.3) is 0 Å². The third-order valence-corrected chi connectivity index (χ3v) is 3.93. The Bertz CT molecular complexity index is 814. The van der Waals surface area contributed by atoms with E-state index in [-0.39, 0.29) is 5.91 Å². The van der Waals surface area contributed by atoms with Gasteiger partial charge in [0.05, 0.1) is 24.2 Å². The van der Waals surface area contributed by atoms with Gasteiger partial charge < -0.3 is 10.3 Å². The maximum Gasteiger partial charge on any atom is 0.224 e. The van der Waals surface area contributed by atoms with Crippen LogP contribution in [0.1, 0.15) is 29.7 Å². The van der Waals surface area contributed by atoms with Gasteiger partial charge in [-0.1, -0.05) is 0 Å². The lowest BCUT2D eigenvalue weighted by Crippen LogP contribution is -2.25. The first-order valence-corrected chi connectivity index (χ1v) is 7.67. The van der Waals surface area contributed by atoms with Gasteiger partial charge in [0.15, 0.2) is 5.65 Å². The highest BCUT2D eigenvalue weighted by Crippen LogP contribution is 2.14. The molecule has 0 aromatic carbocycles. The van der Waals surface area contributed by atoms with Crippen molar-refractivity contribution in [3.8, 4) is 0 Å². The fourth-order valence-corrected chi connectivity index (χ4v) is 2.68. The van der Waals surface area contributed by atoms with E-state index in [4.69, 9.17) is 0 Å². The minimum atomic E-state index is -0.0414. The van der Waals surface area contributed by atoms with Gasteiger partial charge in [-0.2, -0.15) is 5.10 Å². The zero-order valence-corrected chi connectivity index (χ0v) is 13.6. The SMILES string of the molecule is CCn1nc(C)c(CC(=O)NCc2nc3ncccc3[nH]2)c1C. The molecule has 0 aliphatic rings. The average molecular weight is 312 g/mol. The van der Waals surface area contributed by atoms with Crippen LogP contribution in [0.15, 0.2) is 18.3 Å². The molecule has 0 fully saturated rings. The van der Waals surface area contributed by atoms with Crippen molar-refractivity contribution in [3.05, 3.63) is 41.1 Å². The maximum absolute atomic E-state index is 12.2. The second kappa shape index (κ2) is 6.20. The minimum Gasteiger partial charge on any atom is -0.349 e. The van der Waals surface area contributed by atoms with Crippen LogP contribution in [0, 0.1) is 13.8 Å². The van der Waals surface area contributed by atoms with E-state index in [0.717, 1.165) is 29.0 Å². The smallest absolute Gasteiger partial charge is 0.224 e. The molecule has 0 atom stereocenters. The van der Waals surface area contributed by atoms with Crippen LogP contribution in [0.5, 0.6) is 0 Å². The van der Waals surface area contributed by atoms with Gasteiger partial charge in [0, 0.05) is 24.0 Å².